The molecule has 2 rings (SSSR count). The first kappa shape index (κ1) is 11.8. The molecular weight excluding hydrogens is 259 g/mol. The minimum Gasteiger partial charge on any atom is -0.275 e. The van der Waals surface area contributed by atoms with E-state index < -0.39 is 0 Å². The zero-order chi connectivity index (χ0) is 12.1. The van der Waals surface area contributed by atoms with Gasteiger partial charge in [0.15, 0.2) is 0 Å². The van der Waals surface area contributed by atoms with Gasteiger partial charge in [-0.2, -0.15) is 5.10 Å². The normalized spacial score (nSPS) is 10.7. The van der Waals surface area contributed by atoms with Gasteiger partial charge in [-0.3, -0.25) is 15.4 Å². The third-order valence-electron chi connectivity index (χ3n) is 1.91. The summed E-state index contributed by atoms with van der Waals surface area (Å²) in [5.41, 5.74) is 4.02. The van der Waals surface area contributed by atoms with E-state index in [4.69, 9.17) is 23.2 Å². The van der Waals surface area contributed by atoms with Crippen LogP contribution in [0.25, 0.3) is 0 Å². The number of halogens is 2. The molecule has 0 fully saturated rings. The minimum atomic E-state index is 0.413. The highest BCUT2D eigenvalue weighted by Gasteiger charge is 2.03. The molecule has 0 saturated carbocycles. The second-order valence-corrected chi connectivity index (χ2v) is 3.92. The quantitative estimate of drug-likeness (QED) is 0.686. The Balaban J connectivity index is 2.10. The van der Waals surface area contributed by atoms with E-state index in [1.807, 2.05) is 18.2 Å². The number of hydrogen-bond donors (Lipinski definition) is 1. The van der Waals surface area contributed by atoms with E-state index in [2.05, 4.69) is 20.5 Å². The molecule has 0 aliphatic carbocycles. The number of hydrogen-bond acceptors (Lipinski definition) is 4. The second-order valence-electron chi connectivity index (χ2n) is 3.10. The molecule has 17 heavy (non-hydrogen) atoms. The number of aromatic nitrogens is 2. The lowest BCUT2D eigenvalue weighted by molar-refractivity contribution is 1.26. The molecule has 0 unspecified atom stereocenters. The Kier molecular flexibility index (Phi) is 3.90. The summed E-state index contributed by atoms with van der Waals surface area (Å²) in [4.78, 5) is 7.93. The number of nitrogens with one attached hydrogen (secondary N) is 1. The molecule has 0 aliphatic heterocycles. The Hall–Kier alpha value is -1.65. The van der Waals surface area contributed by atoms with Gasteiger partial charge in [0.25, 0.3) is 0 Å². The monoisotopic (exact) mass is 266 g/mol. The average Bonchev–Trinajstić information content (AvgIpc) is 2.34. The van der Waals surface area contributed by atoms with Crippen LogP contribution in [0.5, 0.6) is 0 Å². The smallest absolute Gasteiger partial charge is 0.0965 e. The van der Waals surface area contributed by atoms with E-state index >= 15 is 0 Å². The molecule has 86 valence electrons. The highest BCUT2D eigenvalue weighted by Crippen LogP contribution is 2.28. The van der Waals surface area contributed by atoms with Crippen molar-refractivity contribution in [3.05, 3.63) is 52.5 Å². The van der Waals surface area contributed by atoms with Crippen LogP contribution in [0.2, 0.25) is 10.0 Å². The summed E-state index contributed by atoms with van der Waals surface area (Å²) in [5, 5.41) is 4.82. The Morgan fingerprint density at radius 1 is 1.18 bits per heavy atom. The molecule has 0 amide bonds. The molecule has 2 aromatic heterocycles. The van der Waals surface area contributed by atoms with Gasteiger partial charge in [-0.25, -0.2) is 0 Å². The molecule has 0 aromatic carbocycles. The molecule has 0 saturated heterocycles. The van der Waals surface area contributed by atoms with Gasteiger partial charge in [-0.15, -0.1) is 0 Å². The first-order valence-electron chi connectivity index (χ1n) is 4.76. The molecule has 2 aromatic rings. The van der Waals surface area contributed by atoms with Crippen molar-refractivity contribution < 1.29 is 0 Å². The van der Waals surface area contributed by atoms with Crippen molar-refractivity contribution in [2.75, 3.05) is 5.43 Å². The van der Waals surface area contributed by atoms with E-state index in [-0.39, 0.29) is 0 Å². The summed E-state index contributed by atoms with van der Waals surface area (Å²) in [7, 11) is 0. The lowest BCUT2D eigenvalue weighted by atomic mass is 10.4. The molecule has 0 atom stereocenters. The highest BCUT2D eigenvalue weighted by molar-refractivity contribution is 6.38. The van der Waals surface area contributed by atoms with Crippen molar-refractivity contribution in [2.24, 2.45) is 5.10 Å². The number of nitrogens with zero attached hydrogens (tertiary/aromatic N) is 3. The number of anilines is 1. The summed E-state index contributed by atoms with van der Waals surface area (Å²) < 4.78 is 0. The van der Waals surface area contributed by atoms with Crippen molar-refractivity contribution >= 4 is 35.1 Å². The van der Waals surface area contributed by atoms with E-state index in [0.29, 0.717) is 15.7 Å². The number of pyridine rings is 2. The van der Waals surface area contributed by atoms with Crippen LogP contribution in [-0.2, 0) is 0 Å². The Labute approximate surface area is 108 Å². The summed E-state index contributed by atoms with van der Waals surface area (Å²) in [5.74, 6) is 0. The van der Waals surface area contributed by atoms with Gasteiger partial charge in [0.2, 0.25) is 0 Å². The molecule has 4 nitrogen and oxygen atoms in total. The molecule has 0 spiro atoms. The van der Waals surface area contributed by atoms with Gasteiger partial charge in [-0.1, -0.05) is 29.3 Å². The first-order valence-corrected chi connectivity index (χ1v) is 5.52. The van der Waals surface area contributed by atoms with Crippen molar-refractivity contribution in [3.8, 4) is 0 Å². The Bertz CT molecular complexity index is 508. The van der Waals surface area contributed by atoms with E-state index in [1.165, 1.54) is 12.4 Å². The maximum absolute atomic E-state index is 5.91. The average molecular weight is 267 g/mol. The predicted molar refractivity (Wildman–Crippen MR) is 69.7 cm³/mol. The third kappa shape index (κ3) is 3.15. The zero-order valence-corrected chi connectivity index (χ0v) is 10.2. The second kappa shape index (κ2) is 5.61. The van der Waals surface area contributed by atoms with Crippen LogP contribution >= 0.6 is 23.2 Å². The lowest BCUT2D eigenvalue weighted by Gasteiger charge is -2.03. The molecule has 6 heteroatoms. The van der Waals surface area contributed by atoms with Crippen LogP contribution in [0.3, 0.4) is 0 Å². The predicted octanol–water partition coefficient (Wildman–Crippen LogP) is 3.23. The highest BCUT2D eigenvalue weighted by atomic mass is 35.5. The SMILES string of the molecule is Clc1cncc(Cl)c1N/N=C\c1ccccn1. The van der Waals surface area contributed by atoms with Crippen LogP contribution < -0.4 is 5.43 Å². The fraction of sp³-hybridized carbons (Fsp3) is 0. The molecule has 2 heterocycles. The fourth-order valence-corrected chi connectivity index (χ4v) is 1.58. The Morgan fingerprint density at radius 3 is 2.59 bits per heavy atom. The van der Waals surface area contributed by atoms with Crippen LogP contribution in [0.4, 0.5) is 5.69 Å². The Morgan fingerprint density at radius 2 is 1.94 bits per heavy atom. The zero-order valence-electron chi connectivity index (χ0n) is 8.64. The number of rotatable bonds is 3. The topological polar surface area (TPSA) is 50.2 Å². The van der Waals surface area contributed by atoms with Gasteiger partial charge >= 0.3 is 0 Å². The molecule has 1 N–H and O–H groups in total. The van der Waals surface area contributed by atoms with Gasteiger partial charge in [0.1, 0.15) is 0 Å². The van der Waals surface area contributed by atoms with E-state index in [1.54, 1.807) is 12.4 Å². The molecule has 0 bridgehead atoms. The molecule has 0 radical (unpaired) electrons. The van der Waals surface area contributed by atoms with Crippen LogP contribution in [-0.4, -0.2) is 16.2 Å². The first-order chi connectivity index (χ1) is 8.27. The van der Waals surface area contributed by atoms with Gasteiger partial charge in [-0.05, 0) is 12.1 Å². The lowest BCUT2D eigenvalue weighted by Crippen LogP contribution is -1.94. The van der Waals surface area contributed by atoms with Crippen molar-refractivity contribution in [1.82, 2.24) is 9.97 Å². The summed E-state index contributed by atoms with van der Waals surface area (Å²) in [6.45, 7) is 0. The van der Waals surface area contributed by atoms with Crippen molar-refractivity contribution in [1.29, 1.82) is 0 Å². The van der Waals surface area contributed by atoms with Crippen LogP contribution in [0, 0.1) is 0 Å². The molecule has 0 aliphatic rings. The third-order valence-corrected chi connectivity index (χ3v) is 2.49. The standard InChI is InChI=1S/C11H8Cl2N4/c12-9-6-14-7-10(13)11(9)17-16-5-8-3-1-2-4-15-8/h1-7H,(H,14,17)/b16-5-. The van der Waals surface area contributed by atoms with Gasteiger partial charge < -0.3 is 0 Å². The van der Waals surface area contributed by atoms with Crippen molar-refractivity contribution in [2.45, 2.75) is 0 Å². The maximum atomic E-state index is 5.91. The van der Waals surface area contributed by atoms with Crippen LogP contribution in [0.15, 0.2) is 41.9 Å². The summed E-state index contributed by atoms with van der Waals surface area (Å²) in [6.07, 6.45) is 6.25. The van der Waals surface area contributed by atoms with Crippen LogP contribution in [0.1, 0.15) is 5.69 Å². The van der Waals surface area contributed by atoms with E-state index in [0.717, 1.165) is 5.69 Å². The largest absolute Gasteiger partial charge is 0.275 e. The maximum Gasteiger partial charge on any atom is 0.0965 e. The summed E-state index contributed by atoms with van der Waals surface area (Å²) >= 11 is 11.8. The fourth-order valence-electron chi connectivity index (χ4n) is 1.13. The number of hydrazone groups is 1. The summed E-state index contributed by atoms with van der Waals surface area (Å²) in [6, 6.07) is 5.54. The van der Waals surface area contributed by atoms with Gasteiger partial charge in [0, 0.05) is 18.6 Å². The van der Waals surface area contributed by atoms with Gasteiger partial charge in [0.05, 0.1) is 27.6 Å². The minimum absolute atomic E-state index is 0.413. The van der Waals surface area contributed by atoms with E-state index in [9.17, 15) is 0 Å². The van der Waals surface area contributed by atoms with Crippen molar-refractivity contribution in [3.63, 3.8) is 0 Å². The molecular formula is C11H8Cl2N4.